The molecular weight excluding hydrogens is 454 g/mol. The van der Waals surface area contributed by atoms with Crippen molar-refractivity contribution in [3.8, 4) is 0 Å². The van der Waals surface area contributed by atoms with Gasteiger partial charge in [0.1, 0.15) is 18.7 Å². The number of alkyl carbamates (subject to hydrolysis) is 1. The highest BCUT2D eigenvalue weighted by Crippen LogP contribution is 2.06. The third-order valence-electron chi connectivity index (χ3n) is 4.63. The number of nitrogens with zero attached hydrogens (tertiary/aromatic N) is 1. The largest absolute Gasteiger partial charge is 0.480 e. The highest BCUT2D eigenvalue weighted by atomic mass is 16.6. The summed E-state index contributed by atoms with van der Waals surface area (Å²) < 4.78 is 10.2. The molecule has 0 unspecified atom stereocenters. The zero-order valence-corrected chi connectivity index (χ0v) is 19.1. The maximum Gasteiger partial charge on any atom is 0.407 e. The Balaban J connectivity index is 2.38. The minimum absolute atomic E-state index is 0.00393. The number of rotatable bonds is 15. The number of hydrogen-bond donors (Lipinski definition) is 5. The van der Waals surface area contributed by atoms with Crippen LogP contribution in [0.1, 0.15) is 26.7 Å². The minimum Gasteiger partial charge on any atom is -0.480 e. The lowest BCUT2D eigenvalue weighted by molar-refractivity contribution is -0.142. The number of carbonyl (C=O) groups excluding carboxylic acids is 5. The zero-order valence-electron chi connectivity index (χ0n) is 19.1. The summed E-state index contributed by atoms with van der Waals surface area (Å²) in [7, 11) is 0. The van der Waals surface area contributed by atoms with Crippen LogP contribution in [0.4, 0.5) is 9.59 Å². The van der Waals surface area contributed by atoms with Crippen molar-refractivity contribution in [1.29, 1.82) is 0 Å². The van der Waals surface area contributed by atoms with Gasteiger partial charge < -0.3 is 36.3 Å². The van der Waals surface area contributed by atoms with E-state index in [1.54, 1.807) is 13.8 Å². The maximum absolute atomic E-state index is 12.5. The van der Waals surface area contributed by atoms with E-state index in [1.165, 1.54) is 0 Å². The molecule has 0 aromatic carbocycles. The second kappa shape index (κ2) is 14.5. The Hall–Kier alpha value is -3.68. The molecule has 0 spiro atoms. The summed E-state index contributed by atoms with van der Waals surface area (Å²) in [6.45, 7) is 3.45. The monoisotopic (exact) mass is 485 g/mol. The number of amides is 6. The van der Waals surface area contributed by atoms with Crippen molar-refractivity contribution in [2.75, 3.05) is 32.9 Å². The van der Waals surface area contributed by atoms with Crippen molar-refractivity contribution in [2.45, 2.75) is 38.8 Å². The zero-order chi connectivity index (χ0) is 25.7. The topological polar surface area (TPSA) is 206 Å². The molecule has 6 amide bonds. The second-order valence-corrected chi connectivity index (χ2v) is 7.61. The second-order valence-electron chi connectivity index (χ2n) is 7.61. The molecule has 190 valence electrons. The molecule has 1 aliphatic rings. The summed E-state index contributed by atoms with van der Waals surface area (Å²) in [4.78, 5) is 70.5. The van der Waals surface area contributed by atoms with Gasteiger partial charge in [-0.3, -0.25) is 19.3 Å². The molecule has 0 bridgehead atoms. The minimum atomic E-state index is -1.26. The first-order chi connectivity index (χ1) is 16.0. The SMILES string of the molecule is CC(C)[C@H](NC(=O)OCCOCCN1C(=O)C=CC1=O)C(=O)N[C@@H](CCCNC(N)=O)C(=O)O. The van der Waals surface area contributed by atoms with E-state index >= 15 is 0 Å². The van der Waals surface area contributed by atoms with Gasteiger partial charge >= 0.3 is 18.1 Å². The Morgan fingerprint density at radius 2 is 1.71 bits per heavy atom. The Kier molecular flexibility index (Phi) is 12.1. The van der Waals surface area contributed by atoms with E-state index in [0.717, 1.165) is 17.1 Å². The average Bonchev–Trinajstić information content (AvgIpc) is 3.07. The van der Waals surface area contributed by atoms with Gasteiger partial charge in [-0.15, -0.1) is 0 Å². The number of urea groups is 1. The number of nitrogens with one attached hydrogen (secondary N) is 3. The first-order valence-electron chi connectivity index (χ1n) is 10.6. The van der Waals surface area contributed by atoms with Crippen LogP contribution < -0.4 is 21.7 Å². The summed E-state index contributed by atoms with van der Waals surface area (Å²) in [5.74, 6) is -3.18. The molecule has 34 heavy (non-hydrogen) atoms. The number of nitrogens with two attached hydrogens (primary N) is 1. The molecule has 0 saturated heterocycles. The van der Waals surface area contributed by atoms with Gasteiger partial charge in [0, 0.05) is 18.7 Å². The number of primary amides is 1. The van der Waals surface area contributed by atoms with Crippen LogP contribution in [-0.2, 0) is 28.7 Å². The number of carboxylic acid groups (broad SMARTS) is 1. The van der Waals surface area contributed by atoms with Crippen LogP contribution in [0.2, 0.25) is 0 Å². The molecule has 0 aromatic rings. The molecule has 1 aliphatic heterocycles. The van der Waals surface area contributed by atoms with Crippen molar-refractivity contribution in [1.82, 2.24) is 20.9 Å². The van der Waals surface area contributed by atoms with Crippen molar-refractivity contribution < 1.29 is 43.3 Å². The molecule has 2 atom stereocenters. The molecular formula is C20H31N5O9. The molecule has 1 heterocycles. The average molecular weight is 485 g/mol. The molecule has 0 radical (unpaired) electrons. The number of aliphatic carboxylic acids is 1. The van der Waals surface area contributed by atoms with Crippen LogP contribution >= 0.6 is 0 Å². The third-order valence-corrected chi connectivity index (χ3v) is 4.63. The van der Waals surface area contributed by atoms with E-state index < -0.39 is 47.9 Å². The van der Waals surface area contributed by atoms with Crippen LogP contribution in [-0.4, -0.2) is 90.8 Å². The van der Waals surface area contributed by atoms with Gasteiger partial charge in [0.25, 0.3) is 11.8 Å². The van der Waals surface area contributed by atoms with Gasteiger partial charge in [-0.1, -0.05) is 13.8 Å². The van der Waals surface area contributed by atoms with Crippen LogP contribution in [0.25, 0.3) is 0 Å². The van der Waals surface area contributed by atoms with Crippen molar-refractivity contribution in [3.63, 3.8) is 0 Å². The number of hydrogen-bond acceptors (Lipinski definition) is 8. The van der Waals surface area contributed by atoms with Gasteiger partial charge in [0.15, 0.2) is 0 Å². The highest BCUT2D eigenvalue weighted by molar-refractivity contribution is 6.12. The molecule has 1 rings (SSSR count). The molecule has 6 N–H and O–H groups in total. The number of ether oxygens (including phenoxy) is 2. The molecule has 14 nitrogen and oxygen atoms in total. The van der Waals surface area contributed by atoms with Gasteiger partial charge in [-0.25, -0.2) is 14.4 Å². The fraction of sp³-hybridized carbons (Fsp3) is 0.600. The molecule has 14 heteroatoms. The molecule has 0 fully saturated rings. The molecule has 0 aromatic heterocycles. The normalized spacial score (nSPS) is 14.6. The van der Waals surface area contributed by atoms with Crippen molar-refractivity contribution >= 4 is 35.8 Å². The van der Waals surface area contributed by atoms with E-state index in [1.807, 2.05) is 0 Å². The number of imide groups is 1. The lowest BCUT2D eigenvalue weighted by Gasteiger charge is -2.23. The summed E-state index contributed by atoms with van der Waals surface area (Å²) >= 11 is 0. The number of carbonyl (C=O) groups is 6. The lowest BCUT2D eigenvalue weighted by Crippen LogP contribution is -2.54. The summed E-state index contributed by atoms with van der Waals surface area (Å²) in [6, 6.07) is -3.02. The highest BCUT2D eigenvalue weighted by Gasteiger charge is 2.29. The van der Waals surface area contributed by atoms with Crippen LogP contribution in [0.15, 0.2) is 12.2 Å². The van der Waals surface area contributed by atoms with Gasteiger partial charge in [0.2, 0.25) is 5.91 Å². The van der Waals surface area contributed by atoms with Gasteiger partial charge in [-0.05, 0) is 18.8 Å². The van der Waals surface area contributed by atoms with E-state index in [-0.39, 0.29) is 51.7 Å². The fourth-order valence-electron chi connectivity index (χ4n) is 2.84. The Morgan fingerprint density at radius 1 is 1.06 bits per heavy atom. The summed E-state index contributed by atoms with van der Waals surface area (Å²) in [6.07, 6.45) is 1.73. The van der Waals surface area contributed by atoms with Crippen molar-refractivity contribution in [3.05, 3.63) is 12.2 Å². The van der Waals surface area contributed by atoms with E-state index in [2.05, 4.69) is 16.0 Å². The van der Waals surface area contributed by atoms with Gasteiger partial charge in [-0.2, -0.15) is 0 Å². The Morgan fingerprint density at radius 3 is 2.26 bits per heavy atom. The van der Waals surface area contributed by atoms with E-state index in [9.17, 15) is 33.9 Å². The Labute approximate surface area is 196 Å². The van der Waals surface area contributed by atoms with E-state index in [0.29, 0.717) is 0 Å². The fourth-order valence-corrected chi connectivity index (χ4v) is 2.84. The van der Waals surface area contributed by atoms with Gasteiger partial charge in [0.05, 0.1) is 19.8 Å². The Bertz CT molecular complexity index is 781. The van der Waals surface area contributed by atoms with Crippen LogP contribution in [0, 0.1) is 5.92 Å². The van der Waals surface area contributed by atoms with Crippen molar-refractivity contribution in [2.24, 2.45) is 11.7 Å². The maximum atomic E-state index is 12.5. The third kappa shape index (κ3) is 10.3. The summed E-state index contributed by atoms with van der Waals surface area (Å²) in [5.41, 5.74) is 4.94. The molecule has 0 saturated carbocycles. The quantitative estimate of drug-likeness (QED) is 0.138. The van der Waals surface area contributed by atoms with Crippen LogP contribution in [0.3, 0.4) is 0 Å². The standard InChI is InChI=1S/C20H31N5O9/c1-12(2)16(17(28)23-13(18(29)30)4-3-7-22-19(21)31)24-20(32)34-11-10-33-9-8-25-14(26)5-6-15(25)27/h5-6,12-13,16H,3-4,7-11H2,1-2H3,(H,23,28)(H,24,32)(H,29,30)(H3,21,22,31)/t13-,16-/m0/s1. The predicted molar refractivity (Wildman–Crippen MR) is 116 cm³/mol. The molecule has 0 aliphatic carbocycles. The predicted octanol–water partition coefficient (Wildman–Crippen LogP) is -1.30. The number of carboxylic acids is 1. The first-order valence-corrected chi connectivity index (χ1v) is 10.6. The lowest BCUT2D eigenvalue weighted by atomic mass is 10.0. The van der Waals surface area contributed by atoms with E-state index in [4.69, 9.17) is 15.2 Å². The van der Waals surface area contributed by atoms with Crippen LogP contribution in [0.5, 0.6) is 0 Å². The summed E-state index contributed by atoms with van der Waals surface area (Å²) in [5, 5.41) is 16.4. The first kappa shape index (κ1) is 28.4. The smallest absolute Gasteiger partial charge is 0.407 e.